The average molecular weight is 235 g/mol. The molecular weight excluding hydrogens is 218 g/mol. The molecule has 0 amide bonds. The van der Waals surface area contributed by atoms with E-state index >= 15 is 0 Å². The van der Waals surface area contributed by atoms with Crippen LogP contribution in [0.1, 0.15) is 19.8 Å². The molecule has 0 saturated heterocycles. The van der Waals surface area contributed by atoms with Crippen LogP contribution in [0.15, 0.2) is 22.6 Å². The van der Waals surface area contributed by atoms with Gasteiger partial charge < -0.3 is 20.6 Å². The van der Waals surface area contributed by atoms with Crippen molar-refractivity contribution in [3.05, 3.63) is 18.2 Å². The van der Waals surface area contributed by atoms with Gasteiger partial charge >= 0.3 is 0 Å². The Morgan fingerprint density at radius 2 is 2.35 bits per heavy atom. The maximum atomic E-state index is 9.40. The molecule has 0 aliphatic carbocycles. The summed E-state index contributed by atoms with van der Waals surface area (Å²) < 4.78 is 5.48. The summed E-state index contributed by atoms with van der Waals surface area (Å²) in [4.78, 5) is 4.26. The summed E-state index contributed by atoms with van der Waals surface area (Å²) in [5, 5.41) is 12.4. The van der Waals surface area contributed by atoms with Crippen LogP contribution in [0.2, 0.25) is 0 Å². The predicted octanol–water partition coefficient (Wildman–Crippen LogP) is 1.98. The number of nitrogens with two attached hydrogens (primary N) is 1. The van der Waals surface area contributed by atoms with Gasteiger partial charge in [0.25, 0.3) is 6.01 Å². The second-order valence-corrected chi connectivity index (χ2v) is 4.02. The summed E-state index contributed by atoms with van der Waals surface area (Å²) in [6, 6.07) is 5.82. The SMILES string of the molecule is CCC(O)CCNc1nc2ccc(N)cc2o1. The van der Waals surface area contributed by atoms with E-state index in [4.69, 9.17) is 10.2 Å². The Hall–Kier alpha value is -1.75. The van der Waals surface area contributed by atoms with E-state index in [2.05, 4.69) is 10.3 Å². The predicted molar refractivity (Wildman–Crippen MR) is 67.8 cm³/mol. The van der Waals surface area contributed by atoms with Crippen molar-refractivity contribution >= 4 is 22.8 Å². The minimum atomic E-state index is -0.275. The molecule has 0 aliphatic heterocycles. The number of aliphatic hydroxyl groups is 1. The molecular formula is C12H17N3O2. The highest BCUT2D eigenvalue weighted by Gasteiger charge is 2.06. The van der Waals surface area contributed by atoms with E-state index in [0.29, 0.717) is 30.3 Å². The number of nitrogen functional groups attached to an aromatic ring is 1. The van der Waals surface area contributed by atoms with Crippen molar-refractivity contribution in [3.8, 4) is 0 Å². The van der Waals surface area contributed by atoms with Gasteiger partial charge in [0.15, 0.2) is 5.58 Å². The van der Waals surface area contributed by atoms with Crippen LogP contribution in [0, 0.1) is 0 Å². The molecule has 0 radical (unpaired) electrons. The molecule has 1 atom stereocenters. The van der Waals surface area contributed by atoms with Crippen molar-refractivity contribution in [2.24, 2.45) is 0 Å². The van der Waals surface area contributed by atoms with Crippen LogP contribution in [0.3, 0.4) is 0 Å². The van der Waals surface area contributed by atoms with E-state index in [1.807, 2.05) is 13.0 Å². The summed E-state index contributed by atoms with van der Waals surface area (Å²) in [6.07, 6.45) is 1.16. The molecule has 5 nitrogen and oxygen atoms in total. The lowest BCUT2D eigenvalue weighted by Gasteiger charge is -2.06. The zero-order valence-corrected chi connectivity index (χ0v) is 9.81. The van der Waals surface area contributed by atoms with Gasteiger partial charge in [-0.05, 0) is 25.0 Å². The van der Waals surface area contributed by atoms with Crippen molar-refractivity contribution in [1.29, 1.82) is 0 Å². The van der Waals surface area contributed by atoms with Crippen LogP contribution in [0.5, 0.6) is 0 Å². The number of oxazole rings is 1. The fraction of sp³-hybridized carbons (Fsp3) is 0.417. The summed E-state index contributed by atoms with van der Waals surface area (Å²) >= 11 is 0. The molecule has 2 rings (SSSR count). The molecule has 0 bridgehead atoms. The summed E-state index contributed by atoms with van der Waals surface area (Å²) in [5.74, 6) is 0. The third kappa shape index (κ3) is 2.88. The standard InChI is InChI=1S/C12H17N3O2/c1-2-9(16)5-6-14-12-15-10-4-3-8(13)7-11(10)17-12/h3-4,7,9,16H,2,5-6,13H2,1H3,(H,14,15). The minimum absolute atomic E-state index is 0.275. The average Bonchev–Trinajstić information content (AvgIpc) is 2.70. The number of benzene rings is 1. The largest absolute Gasteiger partial charge is 0.423 e. The van der Waals surface area contributed by atoms with Crippen molar-refractivity contribution < 1.29 is 9.52 Å². The van der Waals surface area contributed by atoms with Gasteiger partial charge in [-0.25, -0.2) is 0 Å². The Kier molecular flexibility index (Phi) is 3.49. The Morgan fingerprint density at radius 1 is 1.53 bits per heavy atom. The lowest BCUT2D eigenvalue weighted by Crippen LogP contribution is -2.12. The second kappa shape index (κ2) is 5.05. The number of hydrogen-bond donors (Lipinski definition) is 3. The number of fused-ring (bicyclic) bond motifs is 1. The summed E-state index contributed by atoms with van der Waals surface area (Å²) in [6.45, 7) is 2.59. The topological polar surface area (TPSA) is 84.3 Å². The molecule has 0 spiro atoms. The van der Waals surface area contributed by atoms with E-state index in [1.54, 1.807) is 12.1 Å². The molecule has 1 unspecified atom stereocenters. The van der Waals surface area contributed by atoms with Gasteiger partial charge in [-0.1, -0.05) is 6.92 Å². The Balaban J connectivity index is 1.99. The second-order valence-electron chi connectivity index (χ2n) is 4.02. The Morgan fingerprint density at radius 3 is 3.12 bits per heavy atom. The zero-order chi connectivity index (χ0) is 12.3. The van der Waals surface area contributed by atoms with Crippen molar-refractivity contribution in [2.75, 3.05) is 17.6 Å². The van der Waals surface area contributed by atoms with Gasteiger partial charge in [0, 0.05) is 18.3 Å². The number of aromatic nitrogens is 1. The highest BCUT2D eigenvalue weighted by Crippen LogP contribution is 2.20. The Bertz CT molecular complexity index is 495. The van der Waals surface area contributed by atoms with Crippen LogP contribution in [-0.4, -0.2) is 22.7 Å². The van der Waals surface area contributed by atoms with Crippen LogP contribution >= 0.6 is 0 Å². The maximum absolute atomic E-state index is 9.40. The normalized spacial score (nSPS) is 12.8. The van der Waals surface area contributed by atoms with Gasteiger partial charge in [-0.2, -0.15) is 4.98 Å². The van der Waals surface area contributed by atoms with Crippen molar-refractivity contribution in [2.45, 2.75) is 25.9 Å². The number of rotatable bonds is 5. The van der Waals surface area contributed by atoms with Gasteiger partial charge in [-0.3, -0.25) is 0 Å². The highest BCUT2D eigenvalue weighted by atomic mass is 16.4. The van der Waals surface area contributed by atoms with Crippen LogP contribution < -0.4 is 11.1 Å². The quantitative estimate of drug-likeness (QED) is 0.690. The van der Waals surface area contributed by atoms with Gasteiger partial charge in [0.2, 0.25) is 0 Å². The van der Waals surface area contributed by atoms with Gasteiger partial charge in [-0.15, -0.1) is 0 Å². The summed E-state index contributed by atoms with van der Waals surface area (Å²) in [5.41, 5.74) is 7.75. The number of aliphatic hydroxyl groups excluding tert-OH is 1. The lowest BCUT2D eigenvalue weighted by molar-refractivity contribution is 0.164. The molecule has 1 aromatic carbocycles. The smallest absolute Gasteiger partial charge is 0.295 e. The van der Waals surface area contributed by atoms with Crippen LogP contribution in [0.25, 0.3) is 11.1 Å². The fourth-order valence-electron chi connectivity index (χ4n) is 1.57. The van der Waals surface area contributed by atoms with E-state index in [1.165, 1.54) is 0 Å². The first-order chi connectivity index (χ1) is 8.19. The molecule has 2 aromatic rings. The molecule has 0 aliphatic rings. The van der Waals surface area contributed by atoms with Crippen molar-refractivity contribution in [3.63, 3.8) is 0 Å². The van der Waals surface area contributed by atoms with E-state index in [0.717, 1.165) is 11.9 Å². The number of hydrogen-bond acceptors (Lipinski definition) is 5. The molecule has 1 aromatic heterocycles. The van der Waals surface area contributed by atoms with Crippen LogP contribution in [0.4, 0.5) is 11.7 Å². The van der Waals surface area contributed by atoms with E-state index < -0.39 is 0 Å². The molecule has 17 heavy (non-hydrogen) atoms. The first kappa shape index (κ1) is 11.7. The molecule has 0 saturated carbocycles. The molecule has 4 N–H and O–H groups in total. The Labute approximate surface area is 99.6 Å². The van der Waals surface area contributed by atoms with Crippen LogP contribution in [-0.2, 0) is 0 Å². The first-order valence-electron chi connectivity index (χ1n) is 5.77. The molecule has 92 valence electrons. The third-order valence-electron chi connectivity index (χ3n) is 2.64. The van der Waals surface area contributed by atoms with Crippen molar-refractivity contribution in [1.82, 2.24) is 4.98 Å². The van der Waals surface area contributed by atoms with Gasteiger partial charge in [0.1, 0.15) is 5.52 Å². The monoisotopic (exact) mass is 235 g/mol. The van der Waals surface area contributed by atoms with Gasteiger partial charge in [0.05, 0.1) is 6.10 Å². The molecule has 5 heteroatoms. The molecule has 0 fully saturated rings. The number of nitrogens with zero attached hydrogens (tertiary/aromatic N) is 1. The summed E-state index contributed by atoms with van der Waals surface area (Å²) in [7, 11) is 0. The van der Waals surface area contributed by atoms with E-state index in [9.17, 15) is 5.11 Å². The first-order valence-corrected chi connectivity index (χ1v) is 5.77. The van der Waals surface area contributed by atoms with E-state index in [-0.39, 0.29) is 6.10 Å². The third-order valence-corrected chi connectivity index (χ3v) is 2.64. The maximum Gasteiger partial charge on any atom is 0.295 e. The lowest BCUT2D eigenvalue weighted by atomic mass is 10.2. The highest BCUT2D eigenvalue weighted by molar-refractivity contribution is 5.77. The fourth-order valence-corrected chi connectivity index (χ4v) is 1.57. The number of anilines is 2. The zero-order valence-electron chi connectivity index (χ0n) is 9.81. The number of nitrogens with one attached hydrogen (secondary N) is 1. The minimum Gasteiger partial charge on any atom is -0.423 e. The molecule has 1 heterocycles.